The molecule has 0 bridgehead atoms. The molecule has 3 nitrogen and oxygen atoms in total. The Hall–Kier alpha value is -0.570. The Labute approximate surface area is 73.5 Å². The van der Waals surface area contributed by atoms with Gasteiger partial charge in [-0.15, -0.1) is 0 Å². The second-order valence-electron chi connectivity index (χ2n) is 3.67. The second-order valence-corrected chi connectivity index (χ2v) is 3.67. The lowest BCUT2D eigenvalue weighted by Crippen LogP contribution is -2.40. The molecule has 0 saturated carbocycles. The standard InChI is InChI=1S/C9H17NO2/c1-6-4-7(2)12-8(3)5-9(11)10-6/h6-8H,4-5H2,1-3H3,(H,10,11). The van der Waals surface area contributed by atoms with Gasteiger partial charge in [-0.1, -0.05) is 0 Å². The highest BCUT2D eigenvalue weighted by Crippen LogP contribution is 2.11. The van der Waals surface area contributed by atoms with Crippen molar-refractivity contribution in [2.45, 2.75) is 51.9 Å². The first-order valence-corrected chi connectivity index (χ1v) is 4.52. The molecule has 3 atom stereocenters. The van der Waals surface area contributed by atoms with Gasteiger partial charge in [-0.3, -0.25) is 4.79 Å². The Morgan fingerprint density at radius 2 is 2.00 bits per heavy atom. The van der Waals surface area contributed by atoms with Crippen LogP contribution in [-0.4, -0.2) is 24.2 Å². The van der Waals surface area contributed by atoms with Crippen LogP contribution in [0.4, 0.5) is 0 Å². The lowest BCUT2D eigenvalue weighted by molar-refractivity contribution is -0.127. The van der Waals surface area contributed by atoms with E-state index in [2.05, 4.69) is 5.32 Å². The van der Waals surface area contributed by atoms with Crippen LogP contribution in [0, 0.1) is 0 Å². The molecule has 0 aromatic heterocycles. The van der Waals surface area contributed by atoms with E-state index in [-0.39, 0.29) is 24.2 Å². The Bertz CT molecular complexity index is 154. The van der Waals surface area contributed by atoms with Crippen molar-refractivity contribution in [3.05, 3.63) is 0 Å². The number of carbonyl (C=O) groups excluding carboxylic acids is 1. The van der Waals surface area contributed by atoms with E-state index in [1.807, 2.05) is 20.8 Å². The van der Waals surface area contributed by atoms with Crippen LogP contribution in [0.5, 0.6) is 0 Å². The molecule has 70 valence electrons. The molecule has 3 heteroatoms. The van der Waals surface area contributed by atoms with Gasteiger partial charge in [-0.05, 0) is 27.2 Å². The zero-order chi connectivity index (χ0) is 9.14. The molecule has 0 spiro atoms. The van der Waals surface area contributed by atoms with Crippen LogP contribution >= 0.6 is 0 Å². The molecule has 0 aromatic carbocycles. The number of hydrogen-bond donors (Lipinski definition) is 1. The Kier molecular flexibility index (Phi) is 3.09. The van der Waals surface area contributed by atoms with Crippen LogP contribution in [-0.2, 0) is 9.53 Å². The molecule has 12 heavy (non-hydrogen) atoms. The van der Waals surface area contributed by atoms with Gasteiger partial charge < -0.3 is 10.1 Å². The zero-order valence-electron chi connectivity index (χ0n) is 7.96. The summed E-state index contributed by atoms with van der Waals surface area (Å²) in [6.45, 7) is 5.99. The van der Waals surface area contributed by atoms with Crippen molar-refractivity contribution in [2.24, 2.45) is 0 Å². The van der Waals surface area contributed by atoms with Crippen LogP contribution in [0.15, 0.2) is 0 Å². The van der Waals surface area contributed by atoms with Crippen molar-refractivity contribution >= 4 is 5.91 Å². The summed E-state index contributed by atoms with van der Waals surface area (Å²) in [4.78, 5) is 11.2. The largest absolute Gasteiger partial charge is 0.375 e. The molecule has 1 heterocycles. The first-order valence-electron chi connectivity index (χ1n) is 4.52. The van der Waals surface area contributed by atoms with Gasteiger partial charge in [-0.25, -0.2) is 0 Å². The molecule has 1 saturated heterocycles. The normalized spacial score (nSPS) is 38.2. The number of amides is 1. The minimum atomic E-state index is 0.0486. The molecule has 1 N–H and O–H groups in total. The highest BCUT2D eigenvalue weighted by Gasteiger charge is 2.20. The summed E-state index contributed by atoms with van der Waals surface area (Å²) in [5.74, 6) is 0.0990. The molecule has 1 rings (SSSR count). The van der Waals surface area contributed by atoms with Crippen LogP contribution in [0.25, 0.3) is 0 Å². The number of carbonyl (C=O) groups is 1. The van der Waals surface area contributed by atoms with E-state index in [9.17, 15) is 4.79 Å². The molecule has 0 aliphatic carbocycles. The Balaban J connectivity index is 2.51. The smallest absolute Gasteiger partial charge is 0.222 e. The molecule has 1 amide bonds. The van der Waals surface area contributed by atoms with Gasteiger partial charge in [0.25, 0.3) is 0 Å². The van der Waals surface area contributed by atoms with Crippen LogP contribution in [0.1, 0.15) is 33.6 Å². The molecule has 0 aromatic rings. The van der Waals surface area contributed by atoms with Crippen molar-refractivity contribution in [1.82, 2.24) is 5.32 Å². The topological polar surface area (TPSA) is 38.3 Å². The molecule has 1 fully saturated rings. The second kappa shape index (κ2) is 3.90. The van der Waals surface area contributed by atoms with Crippen molar-refractivity contribution < 1.29 is 9.53 Å². The van der Waals surface area contributed by atoms with Crippen molar-refractivity contribution in [3.63, 3.8) is 0 Å². The summed E-state index contributed by atoms with van der Waals surface area (Å²) in [7, 11) is 0. The average Bonchev–Trinajstić information content (AvgIpc) is 1.81. The van der Waals surface area contributed by atoms with E-state index in [0.29, 0.717) is 6.42 Å². The fourth-order valence-corrected chi connectivity index (χ4v) is 1.65. The van der Waals surface area contributed by atoms with E-state index in [1.165, 1.54) is 0 Å². The van der Waals surface area contributed by atoms with Gasteiger partial charge in [0.2, 0.25) is 5.91 Å². The van der Waals surface area contributed by atoms with E-state index < -0.39 is 0 Å². The fraction of sp³-hybridized carbons (Fsp3) is 0.889. The maximum atomic E-state index is 11.2. The van der Waals surface area contributed by atoms with Gasteiger partial charge in [0.05, 0.1) is 18.6 Å². The number of rotatable bonds is 0. The summed E-state index contributed by atoms with van der Waals surface area (Å²) in [6.07, 6.45) is 1.67. The van der Waals surface area contributed by atoms with Crippen LogP contribution in [0.2, 0.25) is 0 Å². The Morgan fingerprint density at radius 3 is 2.67 bits per heavy atom. The molecule has 1 aliphatic heterocycles. The predicted octanol–water partition coefficient (Wildman–Crippen LogP) is 1.08. The highest BCUT2D eigenvalue weighted by atomic mass is 16.5. The summed E-state index contributed by atoms with van der Waals surface area (Å²) in [5, 5.41) is 2.92. The Morgan fingerprint density at radius 1 is 1.33 bits per heavy atom. The molecule has 1 aliphatic rings. The minimum Gasteiger partial charge on any atom is -0.375 e. The molecular formula is C9H17NO2. The predicted molar refractivity (Wildman–Crippen MR) is 46.8 cm³/mol. The quantitative estimate of drug-likeness (QED) is 0.592. The first-order chi connectivity index (χ1) is 5.58. The summed E-state index contributed by atoms with van der Waals surface area (Å²) in [5.41, 5.74) is 0. The van der Waals surface area contributed by atoms with Crippen LogP contribution < -0.4 is 5.32 Å². The van der Waals surface area contributed by atoms with E-state index in [4.69, 9.17) is 4.74 Å². The number of ether oxygens (including phenoxy) is 1. The summed E-state index contributed by atoms with van der Waals surface area (Å²) < 4.78 is 5.57. The van der Waals surface area contributed by atoms with Crippen LogP contribution in [0.3, 0.4) is 0 Å². The lowest BCUT2D eigenvalue weighted by atomic mass is 10.1. The monoisotopic (exact) mass is 171 g/mol. The SMILES string of the molecule is CC1CC(C)OC(C)CC(=O)N1. The van der Waals surface area contributed by atoms with Crippen molar-refractivity contribution in [1.29, 1.82) is 0 Å². The van der Waals surface area contributed by atoms with Gasteiger partial charge in [0.1, 0.15) is 0 Å². The first kappa shape index (κ1) is 9.52. The molecular weight excluding hydrogens is 154 g/mol. The van der Waals surface area contributed by atoms with Gasteiger partial charge in [-0.2, -0.15) is 0 Å². The van der Waals surface area contributed by atoms with E-state index in [0.717, 1.165) is 6.42 Å². The van der Waals surface area contributed by atoms with E-state index >= 15 is 0 Å². The van der Waals surface area contributed by atoms with Gasteiger partial charge >= 0.3 is 0 Å². The van der Waals surface area contributed by atoms with E-state index in [1.54, 1.807) is 0 Å². The average molecular weight is 171 g/mol. The zero-order valence-corrected chi connectivity index (χ0v) is 7.96. The lowest BCUT2D eigenvalue weighted by Gasteiger charge is -2.26. The van der Waals surface area contributed by atoms with Crippen molar-refractivity contribution in [2.75, 3.05) is 0 Å². The van der Waals surface area contributed by atoms with Gasteiger partial charge in [0.15, 0.2) is 0 Å². The number of hydrogen-bond acceptors (Lipinski definition) is 2. The molecule has 3 unspecified atom stereocenters. The third-order valence-corrected chi connectivity index (χ3v) is 2.03. The third-order valence-electron chi connectivity index (χ3n) is 2.03. The maximum Gasteiger partial charge on any atom is 0.222 e. The molecule has 0 radical (unpaired) electrons. The minimum absolute atomic E-state index is 0.0486. The number of nitrogens with one attached hydrogen (secondary N) is 1. The summed E-state index contributed by atoms with van der Waals surface area (Å²) >= 11 is 0. The summed E-state index contributed by atoms with van der Waals surface area (Å²) in [6, 6.07) is 0.236. The van der Waals surface area contributed by atoms with Crippen molar-refractivity contribution in [3.8, 4) is 0 Å². The highest BCUT2D eigenvalue weighted by molar-refractivity contribution is 5.76. The third kappa shape index (κ3) is 2.81. The van der Waals surface area contributed by atoms with Gasteiger partial charge in [0, 0.05) is 6.04 Å². The fourth-order valence-electron chi connectivity index (χ4n) is 1.65. The maximum absolute atomic E-state index is 11.2.